The molecule has 3 heteroatoms. The van der Waals surface area contributed by atoms with Gasteiger partial charge in [0, 0.05) is 11.4 Å². The standard InChI is InChI=1S/C11H23NOS/c1-8(9-7-11(9,5)6)12-14(13)10(2,3)4/h8-9,12H,7H2,1-6H3/t8-,9-,14?/m1/s1. The van der Waals surface area contributed by atoms with E-state index < -0.39 is 11.4 Å². The van der Waals surface area contributed by atoms with Gasteiger partial charge in [-0.2, -0.15) is 0 Å². The van der Waals surface area contributed by atoms with Crippen molar-refractivity contribution in [3.05, 3.63) is 0 Å². The molecular formula is C11H23NOS. The first-order valence-electron chi connectivity index (χ1n) is 5.32. The maximum Gasteiger partial charge on any atom is 0.136 e. The maximum absolute atomic E-state index is 11.8. The molecule has 1 aliphatic carbocycles. The van der Waals surface area contributed by atoms with E-state index in [1.807, 2.05) is 20.8 Å². The van der Waals surface area contributed by atoms with Gasteiger partial charge in [-0.3, -0.25) is 0 Å². The van der Waals surface area contributed by atoms with Gasteiger partial charge in [-0.15, -0.1) is 4.72 Å². The summed E-state index contributed by atoms with van der Waals surface area (Å²) in [6, 6.07) is 0.366. The van der Waals surface area contributed by atoms with Crippen LogP contribution in [0.5, 0.6) is 0 Å². The molecule has 0 heterocycles. The zero-order valence-corrected chi connectivity index (χ0v) is 11.0. The van der Waals surface area contributed by atoms with Gasteiger partial charge in [0.2, 0.25) is 0 Å². The van der Waals surface area contributed by atoms with E-state index in [1.165, 1.54) is 6.42 Å². The van der Waals surface area contributed by atoms with Crippen molar-refractivity contribution in [3.8, 4) is 0 Å². The zero-order chi connectivity index (χ0) is 11.1. The lowest BCUT2D eigenvalue weighted by Gasteiger charge is -2.27. The van der Waals surface area contributed by atoms with E-state index in [9.17, 15) is 4.55 Å². The van der Waals surface area contributed by atoms with Gasteiger partial charge in [0.1, 0.15) is 4.75 Å². The molecule has 1 unspecified atom stereocenters. The van der Waals surface area contributed by atoms with Gasteiger partial charge < -0.3 is 4.55 Å². The monoisotopic (exact) mass is 217 g/mol. The lowest BCUT2D eigenvalue weighted by Crippen LogP contribution is -2.44. The fourth-order valence-corrected chi connectivity index (χ4v) is 2.64. The summed E-state index contributed by atoms with van der Waals surface area (Å²) < 4.78 is 14.9. The molecule has 0 aliphatic heterocycles. The van der Waals surface area contributed by atoms with Gasteiger partial charge in [0.25, 0.3) is 0 Å². The lowest BCUT2D eigenvalue weighted by atomic mass is 10.1. The molecule has 0 aromatic rings. The Bertz CT molecular complexity index is 210. The van der Waals surface area contributed by atoms with Gasteiger partial charge in [0.15, 0.2) is 0 Å². The molecule has 84 valence electrons. The van der Waals surface area contributed by atoms with Crippen molar-refractivity contribution in [1.29, 1.82) is 0 Å². The van der Waals surface area contributed by atoms with E-state index in [2.05, 4.69) is 25.5 Å². The molecule has 0 aromatic carbocycles. The molecule has 14 heavy (non-hydrogen) atoms. The Morgan fingerprint density at radius 1 is 1.43 bits per heavy atom. The van der Waals surface area contributed by atoms with E-state index in [4.69, 9.17) is 0 Å². The Hall–Kier alpha value is 0.270. The molecule has 3 atom stereocenters. The van der Waals surface area contributed by atoms with Crippen LogP contribution < -0.4 is 4.72 Å². The van der Waals surface area contributed by atoms with Crippen LogP contribution in [0.4, 0.5) is 0 Å². The van der Waals surface area contributed by atoms with E-state index >= 15 is 0 Å². The third-order valence-electron chi connectivity index (χ3n) is 3.04. The molecule has 1 aliphatic rings. The van der Waals surface area contributed by atoms with Crippen molar-refractivity contribution < 1.29 is 4.55 Å². The quantitative estimate of drug-likeness (QED) is 0.737. The highest BCUT2D eigenvalue weighted by Gasteiger charge is 2.50. The summed E-state index contributed by atoms with van der Waals surface area (Å²) in [5.74, 6) is 0.689. The summed E-state index contributed by atoms with van der Waals surface area (Å²) in [5, 5.41) is 0. The Morgan fingerprint density at radius 2 is 1.86 bits per heavy atom. The minimum absolute atomic E-state index is 0.159. The summed E-state index contributed by atoms with van der Waals surface area (Å²) in [6.45, 7) is 12.7. The predicted molar refractivity (Wildman–Crippen MR) is 62.4 cm³/mol. The van der Waals surface area contributed by atoms with Gasteiger partial charge in [-0.1, -0.05) is 13.8 Å². The highest BCUT2D eigenvalue weighted by molar-refractivity contribution is 7.90. The summed E-state index contributed by atoms with van der Waals surface area (Å²) >= 11 is -0.931. The average molecular weight is 217 g/mol. The smallest absolute Gasteiger partial charge is 0.136 e. The minimum atomic E-state index is -0.931. The van der Waals surface area contributed by atoms with Gasteiger partial charge in [-0.25, -0.2) is 0 Å². The average Bonchev–Trinajstić information content (AvgIpc) is 2.57. The fourth-order valence-electron chi connectivity index (χ4n) is 1.79. The number of nitrogens with one attached hydrogen (secondary N) is 1. The molecule has 0 saturated heterocycles. The first-order chi connectivity index (χ1) is 6.14. The van der Waals surface area contributed by atoms with E-state index in [0.29, 0.717) is 17.4 Å². The number of rotatable bonds is 3. The molecule has 1 N–H and O–H groups in total. The van der Waals surface area contributed by atoms with Gasteiger partial charge in [-0.05, 0) is 45.4 Å². The maximum atomic E-state index is 11.8. The molecule has 1 fully saturated rings. The first-order valence-corrected chi connectivity index (χ1v) is 6.47. The van der Waals surface area contributed by atoms with Gasteiger partial charge >= 0.3 is 0 Å². The van der Waals surface area contributed by atoms with Crippen molar-refractivity contribution in [2.75, 3.05) is 0 Å². The third-order valence-corrected chi connectivity index (χ3v) is 4.74. The second-order valence-electron chi connectivity index (χ2n) is 6.09. The Kier molecular flexibility index (Phi) is 3.25. The molecule has 0 bridgehead atoms. The Morgan fingerprint density at radius 3 is 2.14 bits per heavy atom. The van der Waals surface area contributed by atoms with Crippen molar-refractivity contribution in [2.24, 2.45) is 11.3 Å². The SMILES string of the molecule is C[C@@H](N[S+]([O-])C(C)(C)C)[C@H]1CC1(C)C. The predicted octanol–water partition coefficient (Wildman–Crippen LogP) is 2.47. The van der Waals surface area contributed by atoms with Crippen LogP contribution in [0.15, 0.2) is 0 Å². The largest absolute Gasteiger partial charge is 0.598 e. The summed E-state index contributed by atoms with van der Waals surface area (Å²) in [7, 11) is 0. The third kappa shape index (κ3) is 2.88. The van der Waals surface area contributed by atoms with E-state index in [0.717, 1.165) is 0 Å². The lowest BCUT2D eigenvalue weighted by molar-refractivity contribution is 0.459. The molecule has 1 saturated carbocycles. The number of hydrogen-bond donors (Lipinski definition) is 1. The molecule has 2 nitrogen and oxygen atoms in total. The topological polar surface area (TPSA) is 35.1 Å². The molecule has 0 radical (unpaired) electrons. The molecule has 0 amide bonds. The Balaban J connectivity index is 2.39. The van der Waals surface area contributed by atoms with E-state index in [-0.39, 0.29) is 4.75 Å². The van der Waals surface area contributed by atoms with Crippen LogP contribution >= 0.6 is 0 Å². The van der Waals surface area contributed by atoms with Crippen molar-refractivity contribution in [1.82, 2.24) is 4.72 Å². The van der Waals surface area contributed by atoms with Crippen LogP contribution in [0.2, 0.25) is 0 Å². The Labute approximate surface area is 91.2 Å². The van der Waals surface area contributed by atoms with Crippen LogP contribution in [0, 0.1) is 11.3 Å². The van der Waals surface area contributed by atoms with Crippen LogP contribution in [-0.4, -0.2) is 15.3 Å². The van der Waals surface area contributed by atoms with Crippen LogP contribution in [-0.2, 0) is 11.4 Å². The highest BCUT2D eigenvalue weighted by Crippen LogP contribution is 2.53. The number of hydrogen-bond acceptors (Lipinski definition) is 2. The summed E-state index contributed by atoms with van der Waals surface area (Å²) in [6.07, 6.45) is 1.25. The van der Waals surface area contributed by atoms with Gasteiger partial charge in [0.05, 0.1) is 6.04 Å². The molecular weight excluding hydrogens is 194 g/mol. The highest BCUT2D eigenvalue weighted by atomic mass is 32.2. The minimum Gasteiger partial charge on any atom is -0.598 e. The van der Waals surface area contributed by atoms with Crippen LogP contribution in [0.25, 0.3) is 0 Å². The molecule has 0 spiro atoms. The summed E-state index contributed by atoms with van der Waals surface area (Å²) in [5.41, 5.74) is 0.453. The first kappa shape index (κ1) is 12.3. The molecule has 1 rings (SSSR count). The normalized spacial score (nSPS) is 29.8. The zero-order valence-electron chi connectivity index (χ0n) is 10.2. The second-order valence-corrected chi connectivity index (χ2v) is 8.08. The van der Waals surface area contributed by atoms with E-state index in [1.54, 1.807) is 0 Å². The summed E-state index contributed by atoms with van der Waals surface area (Å²) in [4.78, 5) is 0. The van der Waals surface area contributed by atoms with Crippen LogP contribution in [0.1, 0.15) is 48.0 Å². The van der Waals surface area contributed by atoms with Crippen molar-refractivity contribution in [3.63, 3.8) is 0 Å². The fraction of sp³-hybridized carbons (Fsp3) is 1.00. The van der Waals surface area contributed by atoms with Crippen LogP contribution in [0.3, 0.4) is 0 Å². The second kappa shape index (κ2) is 3.69. The molecule has 0 aromatic heterocycles. The van der Waals surface area contributed by atoms with Crippen molar-refractivity contribution in [2.45, 2.75) is 58.8 Å². The van der Waals surface area contributed by atoms with Crippen molar-refractivity contribution >= 4 is 11.4 Å².